The molecule has 0 fully saturated rings. The number of amides is 1. The van der Waals surface area contributed by atoms with Crippen molar-refractivity contribution in [2.75, 3.05) is 14.2 Å². The van der Waals surface area contributed by atoms with Crippen molar-refractivity contribution in [1.29, 1.82) is 0 Å². The van der Waals surface area contributed by atoms with Crippen LogP contribution in [0.5, 0.6) is 11.5 Å². The van der Waals surface area contributed by atoms with Crippen molar-refractivity contribution in [3.63, 3.8) is 0 Å². The van der Waals surface area contributed by atoms with E-state index in [2.05, 4.69) is 27.6 Å². The number of hydrogen-bond donors (Lipinski definition) is 1. The van der Waals surface area contributed by atoms with E-state index < -0.39 is 0 Å². The van der Waals surface area contributed by atoms with Gasteiger partial charge in [0.05, 0.1) is 20.3 Å². The fraction of sp³-hybridized carbons (Fsp3) is 0.318. The Morgan fingerprint density at radius 3 is 2.83 bits per heavy atom. The molecular weight excluding hydrogens is 370 g/mol. The number of rotatable bonds is 7. The van der Waals surface area contributed by atoms with Crippen molar-refractivity contribution in [2.45, 2.75) is 31.7 Å². The highest BCUT2D eigenvalue weighted by Crippen LogP contribution is 2.32. The predicted octanol–water partition coefficient (Wildman–Crippen LogP) is 3.49. The van der Waals surface area contributed by atoms with Gasteiger partial charge in [0.15, 0.2) is 11.5 Å². The average Bonchev–Trinajstić information content (AvgIpc) is 3.39. The Hall–Kier alpha value is -3.35. The average molecular weight is 393 g/mol. The minimum atomic E-state index is -0.0161. The van der Waals surface area contributed by atoms with Crippen LogP contribution in [0.1, 0.15) is 35.9 Å². The molecule has 0 aliphatic heterocycles. The van der Waals surface area contributed by atoms with Crippen LogP contribution in [-0.2, 0) is 17.6 Å². The molecule has 1 heterocycles. The number of aryl methyl sites for hydroxylation is 2. The summed E-state index contributed by atoms with van der Waals surface area (Å²) < 4.78 is 15.9. The molecule has 29 heavy (non-hydrogen) atoms. The first kappa shape index (κ1) is 19.0. The Balaban J connectivity index is 1.36. The molecule has 1 N–H and O–H groups in total. The van der Waals surface area contributed by atoms with Gasteiger partial charge in [-0.2, -0.15) is 4.98 Å². The summed E-state index contributed by atoms with van der Waals surface area (Å²) in [6.45, 7) is 0. The van der Waals surface area contributed by atoms with Crippen molar-refractivity contribution in [2.24, 2.45) is 0 Å². The van der Waals surface area contributed by atoms with Crippen LogP contribution < -0.4 is 14.8 Å². The number of fused-ring (bicyclic) bond motifs is 1. The molecule has 1 aliphatic rings. The van der Waals surface area contributed by atoms with E-state index >= 15 is 0 Å². The third-order valence-corrected chi connectivity index (χ3v) is 5.14. The lowest BCUT2D eigenvalue weighted by molar-refractivity contribution is -0.121. The molecule has 0 saturated carbocycles. The first-order valence-electron chi connectivity index (χ1n) is 9.60. The molecule has 0 unspecified atom stereocenters. The molecule has 0 spiro atoms. The van der Waals surface area contributed by atoms with Gasteiger partial charge in [0, 0.05) is 18.4 Å². The van der Waals surface area contributed by atoms with Gasteiger partial charge in [0.2, 0.25) is 17.6 Å². The molecule has 3 aromatic rings. The number of aromatic nitrogens is 2. The summed E-state index contributed by atoms with van der Waals surface area (Å²) in [7, 11) is 3.16. The van der Waals surface area contributed by atoms with Crippen molar-refractivity contribution in [1.82, 2.24) is 15.5 Å². The lowest BCUT2D eigenvalue weighted by Gasteiger charge is -2.13. The van der Waals surface area contributed by atoms with Gasteiger partial charge in [0.25, 0.3) is 0 Å². The second-order valence-electron chi connectivity index (χ2n) is 6.94. The number of methoxy groups -OCH3 is 2. The van der Waals surface area contributed by atoms with E-state index in [1.807, 2.05) is 18.2 Å². The smallest absolute Gasteiger partial charge is 0.227 e. The zero-order valence-electron chi connectivity index (χ0n) is 16.5. The quantitative estimate of drug-likeness (QED) is 0.661. The van der Waals surface area contributed by atoms with Crippen molar-refractivity contribution < 1.29 is 18.8 Å². The summed E-state index contributed by atoms with van der Waals surface area (Å²) in [6.07, 6.45) is 2.63. The first-order chi connectivity index (χ1) is 14.2. The fourth-order valence-electron chi connectivity index (χ4n) is 3.64. The Labute approximate surface area is 169 Å². The van der Waals surface area contributed by atoms with Gasteiger partial charge in [0.1, 0.15) is 0 Å². The van der Waals surface area contributed by atoms with E-state index in [9.17, 15) is 4.79 Å². The van der Waals surface area contributed by atoms with Crippen molar-refractivity contribution in [3.8, 4) is 22.9 Å². The molecule has 1 aromatic heterocycles. The number of benzene rings is 2. The maximum atomic E-state index is 12.4. The Kier molecular flexibility index (Phi) is 5.46. The fourth-order valence-corrected chi connectivity index (χ4v) is 3.64. The second kappa shape index (κ2) is 8.34. The topological polar surface area (TPSA) is 86.5 Å². The molecule has 0 saturated heterocycles. The van der Waals surface area contributed by atoms with E-state index in [4.69, 9.17) is 14.0 Å². The number of ether oxygens (including phenoxy) is 2. The van der Waals surface area contributed by atoms with Crippen LogP contribution in [0.15, 0.2) is 47.0 Å². The highest BCUT2D eigenvalue weighted by Gasteiger charge is 2.23. The number of nitrogens with one attached hydrogen (secondary N) is 1. The minimum absolute atomic E-state index is 0.0161. The highest BCUT2D eigenvalue weighted by molar-refractivity contribution is 5.76. The van der Waals surface area contributed by atoms with Crippen molar-refractivity contribution in [3.05, 3.63) is 59.5 Å². The summed E-state index contributed by atoms with van der Waals surface area (Å²) in [4.78, 5) is 16.8. The lowest BCUT2D eigenvalue weighted by atomic mass is 10.1. The van der Waals surface area contributed by atoms with Gasteiger partial charge in [-0.15, -0.1) is 0 Å². The lowest BCUT2D eigenvalue weighted by Crippen LogP contribution is -2.27. The molecule has 0 radical (unpaired) electrons. The van der Waals surface area contributed by atoms with E-state index in [0.717, 1.165) is 18.4 Å². The number of nitrogens with zero attached hydrogens (tertiary/aromatic N) is 2. The van der Waals surface area contributed by atoms with Gasteiger partial charge < -0.3 is 19.3 Å². The third-order valence-electron chi connectivity index (χ3n) is 5.14. The van der Waals surface area contributed by atoms with Crippen LogP contribution in [0.4, 0.5) is 0 Å². The molecule has 1 aliphatic carbocycles. The Morgan fingerprint density at radius 1 is 1.17 bits per heavy atom. The summed E-state index contributed by atoms with van der Waals surface area (Å²) >= 11 is 0. The largest absolute Gasteiger partial charge is 0.493 e. The van der Waals surface area contributed by atoms with Crippen molar-refractivity contribution >= 4 is 5.91 Å². The monoisotopic (exact) mass is 393 g/mol. The Bertz CT molecular complexity index is 1010. The van der Waals surface area contributed by atoms with Gasteiger partial charge in [-0.1, -0.05) is 29.4 Å². The molecule has 1 amide bonds. The molecule has 1 atom stereocenters. The number of hydrogen-bond acceptors (Lipinski definition) is 6. The van der Waals surface area contributed by atoms with Crippen LogP contribution >= 0.6 is 0 Å². The van der Waals surface area contributed by atoms with Gasteiger partial charge >= 0.3 is 0 Å². The molecule has 7 heteroatoms. The van der Waals surface area contributed by atoms with Crippen LogP contribution in [0.2, 0.25) is 0 Å². The van der Waals surface area contributed by atoms with Crippen LogP contribution in [-0.4, -0.2) is 30.3 Å². The molecule has 4 rings (SSSR count). The molecule has 0 bridgehead atoms. The Morgan fingerprint density at radius 2 is 2.00 bits per heavy atom. The molecule has 7 nitrogen and oxygen atoms in total. The zero-order chi connectivity index (χ0) is 20.2. The molecule has 2 aromatic carbocycles. The minimum Gasteiger partial charge on any atom is -0.493 e. The van der Waals surface area contributed by atoms with E-state index in [0.29, 0.717) is 36.1 Å². The number of carbonyl (C=O) groups excluding carboxylic acids is 1. The van der Waals surface area contributed by atoms with E-state index in [1.54, 1.807) is 26.4 Å². The summed E-state index contributed by atoms with van der Waals surface area (Å²) in [5.74, 6) is 2.08. The standard InChI is InChI=1S/C22H23N3O4/c1-27-18-10-8-15(13-19(18)28-2)22-24-21(29-25-22)12-11-20(26)23-17-9-7-14-5-3-4-6-16(14)17/h3-6,8,10,13,17H,7,9,11-12H2,1-2H3,(H,23,26)/t17-/m0/s1. The van der Waals surface area contributed by atoms with Gasteiger partial charge in [-0.25, -0.2) is 0 Å². The normalized spacial score (nSPS) is 15.0. The zero-order valence-corrected chi connectivity index (χ0v) is 16.5. The van der Waals surface area contributed by atoms with Crippen LogP contribution in [0.3, 0.4) is 0 Å². The van der Waals surface area contributed by atoms with Crippen LogP contribution in [0.25, 0.3) is 11.4 Å². The van der Waals surface area contributed by atoms with E-state index in [1.165, 1.54) is 11.1 Å². The molecule has 150 valence electrons. The third kappa shape index (κ3) is 4.08. The second-order valence-corrected chi connectivity index (χ2v) is 6.94. The van der Waals surface area contributed by atoms with Crippen LogP contribution in [0, 0.1) is 0 Å². The highest BCUT2D eigenvalue weighted by atomic mass is 16.5. The van der Waals surface area contributed by atoms with Gasteiger partial charge in [-0.05, 0) is 42.2 Å². The maximum absolute atomic E-state index is 12.4. The number of carbonyl (C=O) groups is 1. The maximum Gasteiger partial charge on any atom is 0.227 e. The predicted molar refractivity (Wildman–Crippen MR) is 107 cm³/mol. The summed E-state index contributed by atoms with van der Waals surface area (Å²) in [6, 6.07) is 13.8. The first-order valence-corrected chi connectivity index (χ1v) is 9.60. The van der Waals surface area contributed by atoms with Gasteiger partial charge in [-0.3, -0.25) is 4.79 Å². The summed E-state index contributed by atoms with van der Waals surface area (Å²) in [5.41, 5.74) is 3.29. The summed E-state index contributed by atoms with van der Waals surface area (Å²) in [5, 5.41) is 7.13. The molecular formula is C22H23N3O4. The SMILES string of the molecule is COc1ccc(-c2noc(CCC(=O)N[C@H]3CCc4ccccc43)n2)cc1OC. The van der Waals surface area contributed by atoms with E-state index in [-0.39, 0.29) is 11.9 Å².